The van der Waals surface area contributed by atoms with E-state index in [0.717, 1.165) is 18.0 Å². The highest BCUT2D eigenvalue weighted by atomic mass is 16.5. The average molecular weight is 329 g/mol. The Morgan fingerprint density at radius 3 is 2.50 bits per heavy atom. The summed E-state index contributed by atoms with van der Waals surface area (Å²) in [5.41, 5.74) is 1.96. The van der Waals surface area contributed by atoms with Crippen LogP contribution in [0.5, 0.6) is 0 Å². The molecule has 2 aliphatic rings. The van der Waals surface area contributed by atoms with Crippen LogP contribution in [0.25, 0.3) is 0 Å². The average Bonchev–Trinajstić information content (AvgIpc) is 3.16. The van der Waals surface area contributed by atoms with Crippen LogP contribution in [0.15, 0.2) is 24.3 Å². The lowest BCUT2D eigenvalue weighted by Gasteiger charge is -2.20. The Morgan fingerprint density at radius 2 is 1.92 bits per heavy atom. The molecule has 1 aromatic rings. The third-order valence-electron chi connectivity index (χ3n) is 5.54. The quantitative estimate of drug-likeness (QED) is 0.799. The minimum Gasteiger partial charge on any atom is -0.456 e. The Kier molecular flexibility index (Phi) is 5.22. The fourth-order valence-electron chi connectivity index (χ4n) is 4.19. The largest absolute Gasteiger partial charge is 0.456 e. The number of carbonyl (C=O) groups excluding carboxylic acids is 2. The van der Waals surface area contributed by atoms with Crippen molar-refractivity contribution in [1.82, 2.24) is 0 Å². The number of rotatable bonds is 6. The molecule has 4 nitrogen and oxygen atoms in total. The van der Waals surface area contributed by atoms with Crippen molar-refractivity contribution in [2.75, 3.05) is 11.9 Å². The van der Waals surface area contributed by atoms with E-state index in [1.54, 1.807) is 0 Å². The van der Waals surface area contributed by atoms with Gasteiger partial charge in [0.2, 0.25) is 0 Å². The van der Waals surface area contributed by atoms with E-state index >= 15 is 0 Å². The molecular weight excluding hydrogens is 302 g/mol. The standard InChI is InChI=1S/C20H27NO3/c1-13(2)15-5-7-18(8-6-15)21-19(22)12-24-20(23)11-17-10-14-3-4-16(17)9-14/h5-8,13-14,16-17H,3-4,9-12H2,1-2H3,(H,21,22)/t14-,16+,17+/m0/s1. The number of amides is 1. The first-order valence-electron chi connectivity index (χ1n) is 9.06. The molecule has 130 valence electrons. The van der Waals surface area contributed by atoms with Crippen LogP contribution in [-0.4, -0.2) is 18.5 Å². The van der Waals surface area contributed by atoms with Gasteiger partial charge >= 0.3 is 5.97 Å². The first kappa shape index (κ1) is 17.0. The van der Waals surface area contributed by atoms with Gasteiger partial charge in [-0.15, -0.1) is 0 Å². The van der Waals surface area contributed by atoms with Gasteiger partial charge in [0.25, 0.3) is 5.91 Å². The van der Waals surface area contributed by atoms with Crippen LogP contribution in [0.3, 0.4) is 0 Å². The summed E-state index contributed by atoms with van der Waals surface area (Å²) < 4.78 is 5.16. The zero-order valence-corrected chi connectivity index (χ0v) is 14.6. The van der Waals surface area contributed by atoms with E-state index in [2.05, 4.69) is 19.2 Å². The van der Waals surface area contributed by atoms with Crippen LogP contribution in [0.1, 0.15) is 57.4 Å². The number of fused-ring (bicyclic) bond motifs is 2. The SMILES string of the molecule is CC(C)c1ccc(NC(=O)COC(=O)C[C@H]2C[C@H]3CC[C@@H]2C3)cc1. The highest BCUT2D eigenvalue weighted by molar-refractivity contribution is 5.92. The monoisotopic (exact) mass is 329 g/mol. The van der Waals surface area contributed by atoms with Crippen LogP contribution in [-0.2, 0) is 14.3 Å². The fourth-order valence-corrected chi connectivity index (χ4v) is 4.19. The molecule has 1 aromatic carbocycles. The molecule has 2 aliphatic carbocycles. The van der Waals surface area contributed by atoms with Gasteiger partial charge in [0.05, 0.1) is 0 Å². The van der Waals surface area contributed by atoms with Gasteiger partial charge in [-0.05, 0) is 60.6 Å². The fraction of sp³-hybridized carbons (Fsp3) is 0.600. The summed E-state index contributed by atoms with van der Waals surface area (Å²) in [6.07, 6.45) is 5.50. The number of carbonyl (C=O) groups is 2. The Bertz CT molecular complexity index is 593. The van der Waals surface area contributed by atoms with Crippen molar-refractivity contribution in [2.45, 2.75) is 51.9 Å². The zero-order valence-electron chi connectivity index (χ0n) is 14.6. The summed E-state index contributed by atoms with van der Waals surface area (Å²) in [5.74, 6) is 1.94. The molecular formula is C20H27NO3. The lowest BCUT2D eigenvalue weighted by molar-refractivity contribution is -0.148. The smallest absolute Gasteiger partial charge is 0.306 e. The van der Waals surface area contributed by atoms with Gasteiger partial charge in [-0.1, -0.05) is 32.4 Å². The molecule has 2 saturated carbocycles. The van der Waals surface area contributed by atoms with Crippen LogP contribution in [0.4, 0.5) is 5.69 Å². The van der Waals surface area contributed by atoms with Crippen molar-refractivity contribution in [2.24, 2.45) is 17.8 Å². The predicted octanol–water partition coefficient (Wildman–Crippen LogP) is 4.12. The van der Waals surface area contributed by atoms with Gasteiger partial charge in [0.1, 0.15) is 0 Å². The van der Waals surface area contributed by atoms with Crippen molar-refractivity contribution in [3.8, 4) is 0 Å². The highest BCUT2D eigenvalue weighted by Gasteiger charge is 2.40. The number of nitrogens with one attached hydrogen (secondary N) is 1. The van der Waals surface area contributed by atoms with E-state index in [-0.39, 0.29) is 18.5 Å². The molecule has 3 rings (SSSR count). The molecule has 0 saturated heterocycles. The molecule has 3 atom stereocenters. The summed E-state index contributed by atoms with van der Waals surface area (Å²) in [6.45, 7) is 4.05. The number of benzene rings is 1. The zero-order chi connectivity index (χ0) is 17.1. The maximum Gasteiger partial charge on any atom is 0.306 e. The van der Waals surface area contributed by atoms with E-state index in [1.165, 1.54) is 24.8 Å². The van der Waals surface area contributed by atoms with Crippen molar-refractivity contribution >= 4 is 17.6 Å². The minimum atomic E-state index is -0.284. The minimum absolute atomic E-state index is 0.203. The number of hydrogen-bond donors (Lipinski definition) is 1. The maximum atomic E-state index is 11.9. The molecule has 0 radical (unpaired) electrons. The number of hydrogen-bond acceptors (Lipinski definition) is 3. The lowest BCUT2D eigenvalue weighted by atomic mass is 9.86. The van der Waals surface area contributed by atoms with Crippen LogP contribution >= 0.6 is 0 Å². The van der Waals surface area contributed by atoms with Crippen molar-refractivity contribution in [3.05, 3.63) is 29.8 Å². The molecule has 24 heavy (non-hydrogen) atoms. The maximum absolute atomic E-state index is 11.9. The topological polar surface area (TPSA) is 55.4 Å². The second kappa shape index (κ2) is 7.37. The van der Waals surface area contributed by atoms with Crippen molar-refractivity contribution in [3.63, 3.8) is 0 Å². The summed E-state index contributed by atoms with van der Waals surface area (Å²) in [7, 11) is 0. The van der Waals surface area contributed by atoms with E-state index in [1.807, 2.05) is 24.3 Å². The Hall–Kier alpha value is -1.84. The normalized spacial score (nSPS) is 25.0. The van der Waals surface area contributed by atoms with Gasteiger partial charge in [-0.2, -0.15) is 0 Å². The molecule has 1 amide bonds. The van der Waals surface area contributed by atoms with E-state index < -0.39 is 0 Å². The van der Waals surface area contributed by atoms with Crippen molar-refractivity contribution < 1.29 is 14.3 Å². The third kappa shape index (κ3) is 4.16. The Balaban J connectivity index is 1.39. The van der Waals surface area contributed by atoms with Crippen LogP contribution < -0.4 is 5.32 Å². The summed E-state index contributed by atoms with van der Waals surface area (Å²) in [6, 6.07) is 7.76. The van der Waals surface area contributed by atoms with Crippen LogP contribution in [0.2, 0.25) is 0 Å². The Morgan fingerprint density at radius 1 is 1.17 bits per heavy atom. The molecule has 4 heteroatoms. The molecule has 2 bridgehead atoms. The third-order valence-corrected chi connectivity index (χ3v) is 5.54. The van der Waals surface area contributed by atoms with E-state index in [4.69, 9.17) is 4.74 Å². The molecule has 0 heterocycles. The Labute approximate surface area is 144 Å². The predicted molar refractivity (Wildman–Crippen MR) is 93.7 cm³/mol. The number of ether oxygens (including phenoxy) is 1. The second-order valence-corrected chi connectivity index (χ2v) is 7.62. The highest BCUT2D eigenvalue weighted by Crippen LogP contribution is 2.49. The molecule has 1 N–H and O–H groups in total. The molecule has 0 aliphatic heterocycles. The van der Waals surface area contributed by atoms with E-state index in [0.29, 0.717) is 24.2 Å². The first-order chi connectivity index (χ1) is 11.5. The van der Waals surface area contributed by atoms with Crippen LogP contribution in [0, 0.1) is 17.8 Å². The lowest BCUT2D eigenvalue weighted by Crippen LogP contribution is -2.23. The molecule has 0 unspecified atom stereocenters. The summed E-state index contributed by atoms with van der Waals surface area (Å²) in [4.78, 5) is 23.9. The summed E-state index contributed by atoms with van der Waals surface area (Å²) in [5, 5.41) is 2.77. The first-order valence-corrected chi connectivity index (χ1v) is 9.06. The molecule has 0 spiro atoms. The van der Waals surface area contributed by atoms with Gasteiger partial charge in [0, 0.05) is 12.1 Å². The van der Waals surface area contributed by atoms with Gasteiger partial charge < -0.3 is 10.1 Å². The second-order valence-electron chi connectivity index (χ2n) is 7.62. The molecule has 0 aromatic heterocycles. The summed E-state index contributed by atoms with van der Waals surface area (Å²) >= 11 is 0. The van der Waals surface area contributed by atoms with Gasteiger partial charge in [-0.3, -0.25) is 9.59 Å². The number of esters is 1. The van der Waals surface area contributed by atoms with Crippen molar-refractivity contribution in [1.29, 1.82) is 0 Å². The van der Waals surface area contributed by atoms with E-state index in [9.17, 15) is 9.59 Å². The van der Waals surface area contributed by atoms with Gasteiger partial charge in [0.15, 0.2) is 6.61 Å². The number of anilines is 1. The van der Waals surface area contributed by atoms with Gasteiger partial charge in [-0.25, -0.2) is 0 Å². The molecule has 2 fully saturated rings.